The number of hydrogen-bond donors (Lipinski definition) is 1. The van der Waals surface area contributed by atoms with Crippen molar-refractivity contribution in [2.45, 2.75) is 19.1 Å². The molecule has 1 rings (SSSR count). The third-order valence-electron chi connectivity index (χ3n) is 2.79. The first-order valence-corrected chi connectivity index (χ1v) is 5.82. The largest absolute Gasteiger partial charge is 0.416 e. The third kappa shape index (κ3) is 4.93. The van der Waals surface area contributed by atoms with E-state index in [1.807, 2.05) is 18.9 Å². The van der Waals surface area contributed by atoms with Crippen LogP contribution >= 0.6 is 0 Å². The Morgan fingerprint density at radius 1 is 1.26 bits per heavy atom. The monoisotopic (exact) mass is 271 g/mol. The molecule has 0 saturated carbocycles. The summed E-state index contributed by atoms with van der Waals surface area (Å²) in [6.45, 7) is 2.35. The molecule has 0 aliphatic heterocycles. The zero-order chi connectivity index (χ0) is 14.5. The second kappa shape index (κ2) is 6.60. The molecule has 0 aromatic heterocycles. The van der Waals surface area contributed by atoms with Gasteiger partial charge in [-0.25, -0.2) is 0 Å². The molecule has 1 unspecified atom stereocenters. The van der Waals surface area contributed by atoms with Crippen LogP contribution in [0.4, 0.5) is 13.2 Å². The van der Waals surface area contributed by atoms with Gasteiger partial charge in [-0.2, -0.15) is 13.2 Å². The van der Waals surface area contributed by atoms with Crippen LogP contribution in [0.15, 0.2) is 24.3 Å². The number of alkyl halides is 3. The van der Waals surface area contributed by atoms with E-state index in [0.717, 1.165) is 12.1 Å². The van der Waals surface area contributed by atoms with Crippen LogP contribution in [0.25, 0.3) is 0 Å². The summed E-state index contributed by atoms with van der Waals surface area (Å²) in [6.07, 6.45) is -4.32. The predicted molar refractivity (Wildman–Crippen MR) is 67.5 cm³/mol. The lowest BCUT2D eigenvalue weighted by molar-refractivity contribution is -0.137. The first kappa shape index (κ1) is 15.5. The van der Waals surface area contributed by atoms with Gasteiger partial charge in [-0.05, 0) is 38.2 Å². The Morgan fingerprint density at radius 3 is 2.32 bits per heavy atom. The molecule has 0 aliphatic rings. The highest BCUT2D eigenvalue weighted by Gasteiger charge is 2.29. The van der Waals surface area contributed by atoms with Crippen LogP contribution in [0.1, 0.15) is 18.1 Å². The van der Waals surface area contributed by atoms with Gasteiger partial charge in [-0.15, -0.1) is 0 Å². The van der Waals surface area contributed by atoms with Gasteiger partial charge < -0.3 is 5.11 Å². The maximum Gasteiger partial charge on any atom is 0.416 e. The summed E-state index contributed by atoms with van der Waals surface area (Å²) in [5.41, 5.74) is -0.137. The molecular formula is C14H16F3NO. The topological polar surface area (TPSA) is 23.5 Å². The number of halogens is 3. The maximum absolute atomic E-state index is 12.3. The Morgan fingerprint density at radius 2 is 1.84 bits per heavy atom. The minimum absolute atomic E-state index is 0.00176. The molecule has 19 heavy (non-hydrogen) atoms. The number of nitrogens with zero attached hydrogens (tertiary/aromatic N) is 1. The van der Waals surface area contributed by atoms with Gasteiger partial charge in [0.1, 0.15) is 0 Å². The number of rotatable bonds is 3. The Balaban J connectivity index is 2.64. The fraction of sp³-hybridized carbons (Fsp3) is 0.429. The molecule has 2 nitrogen and oxygen atoms in total. The van der Waals surface area contributed by atoms with Crippen molar-refractivity contribution in [3.63, 3.8) is 0 Å². The van der Waals surface area contributed by atoms with Crippen LogP contribution < -0.4 is 0 Å². The van der Waals surface area contributed by atoms with E-state index in [2.05, 4.69) is 11.8 Å². The van der Waals surface area contributed by atoms with Crippen molar-refractivity contribution < 1.29 is 18.3 Å². The van der Waals surface area contributed by atoms with Crippen LogP contribution in [0.5, 0.6) is 0 Å². The SMILES string of the molecule is CC(CO)N(C)CC#Cc1ccc(C(F)(F)F)cc1. The summed E-state index contributed by atoms with van der Waals surface area (Å²) in [6, 6.07) is 4.74. The number of likely N-dealkylation sites (N-methyl/N-ethyl adjacent to an activating group) is 1. The molecular weight excluding hydrogens is 255 g/mol. The minimum Gasteiger partial charge on any atom is -0.395 e. The van der Waals surface area contributed by atoms with Crippen LogP contribution in [0.3, 0.4) is 0 Å². The second-order valence-corrected chi connectivity index (χ2v) is 4.32. The Labute approximate surface area is 110 Å². The van der Waals surface area contributed by atoms with Crippen molar-refractivity contribution in [3.05, 3.63) is 35.4 Å². The van der Waals surface area contributed by atoms with Gasteiger partial charge in [0.2, 0.25) is 0 Å². The first-order valence-electron chi connectivity index (χ1n) is 5.82. The Bertz CT molecular complexity index is 456. The smallest absolute Gasteiger partial charge is 0.395 e. The summed E-state index contributed by atoms with van der Waals surface area (Å²) in [4.78, 5) is 1.86. The van der Waals surface area contributed by atoms with Gasteiger partial charge in [0.15, 0.2) is 0 Å². The number of hydrogen-bond acceptors (Lipinski definition) is 2. The highest BCUT2D eigenvalue weighted by molar-refractivity contribution is 5.37. The summed E-state index contributed by atoms with van der Waals surface area (Å²) in [5.74, 6) is 5.65. The van der Waals surface area contributed by atoms with Crippen molar-refractivity contribution in [2.75, 3.05) is 20.2 Å². The van der Waals surface area contributed by atoms with Crippen LogP contribution in [0, 0.1) is 11.8 Å². The molecule has 0 heterocycles. The third-order valence-corrected chi connectivity index (χ3v) is 2.79. The van der Waals surface area contributed by atoms with Gasteiger partial charge >= 0.3 is 6.18 Å². The molecule has 0 bridgehead atoms. The summed E-state index contributed by atoms with van der Waals surface area (Å²) in [7, 11) is 1.82. The van der Waals surface area contributed by atoms with E-state index in [-0.39, 0.29) is 12.6 Å². The molecule has 1 aromatic rings. The van der Waals surface area contributed by atoms with Gasteiger partial charge in [0.05, 0.1) is 18.7 Å². The average Bonchev–Trinajstić information content (AvgIpc) is 2.37. The molecule has 0 spiro atoms. The molecule has 0 fully saturated rings. The predicted octanol–water partition coefficient (Wildman–Crippen LogP) is 2.37. The van der Waals surface area contributed by atoms with Gasteiger partial charge in [0.25, 0.3) is 0 Å². The van der Waals surface area contributed by atoms with E-state index in [9.17, 15) is 13.2 Å². The minimum atomic E-state index is -4.32. The fourth-order valence-corrected chi connectivity index (χ4v) is 1.30. The van der Waals surface area contributed by atoms with Crippen molar-refractivity contribution in [3.8, 4) is 11.8 Å². The highest BCUT2D eigenvalue weighted by atomic mass is 19.4. The molecule has 104 valence electrons. The van der Waals surface area contributed by atoms with Crippen molar-refractivity contribution in [2.24, 2.45) is 0 Å². The van der Waals surface area contributed by atoms with E-state index in [0.29, 0.717) is 12.1 Å². The molecule has 1 aromatic carbocycles. The van der Waals surface area contributed by atoms with E-state index in [4.69, 9.17) is 5.11 Å². The van der Waals surface area contributed by atoms with Crippen molar-refractivity contribution in [1.82, 2.24) is 4.90 Å². The van der Waals surface area contributed by atoms with Crippen molar-refractivity contribution in [1.29, 1.82) is 0 Å². The van der Waals surface area contributed by atoms with Crippen LogP contribution in [-0.4, -0.2) is 36.2 Å². The van der Waals surface area contributed by atoms with E-state index in [1.54, 1.807) is 0 Å². The summed E-state index contributed by atoms with van der Waals surface area (Å²) >= 11 is 0. The van der Waals surface area contributed by atoms with E-state index >= 15 is 0 Å². The zero-order valence-corrected chi connectivity index (χ0v) is 10.8. The fourth-order valence-electron chi connectivity index (χ4n) is 1.30. The maximum atomic E-state index is 12.3. The molecule has 1 N–H and O–H groups in total. The quantitative estimate of drug-likeness (QED) is 0.853. The molecule has 1 atom stereocenters. The Kier molecular flexibility index (Phi) is 5.40. The second-order valence-electron chi connectivity index (χ2n) is 4.32. The Hall–Kier alpha value is -1.51. The molecule has 5 heteroatoms. The van der Waals surface area contributed by atoms with Gasteiger partial charge in [-0.1, -0.05) is 11.8 Å². The number of benzene rings is 1. The summed E-state index contributed by atoms with van der Waals surface area (Å²) < 4.78 is 37.0. The van der Waals surface area contributed by atoms with Gasteiger partial charge in [-0.3, -0.25) is 4.90 Å². The van der Waals surface area contributed by atoms with E-state index in [1.165, 1.54) is 12.1 Å². The van der Waals surface area contributed by atoms with Crippen LogP contribution in [-0.2, 0) is 6.18 Å². The lowest BCUT2D eigenvalue weighted by Crippen LogP contribution is -2.32. The summed E-state index contributed by atoms with van der Waals surface area (Å²) in [5, 5.41) is 8.93. The normalized spacial score (nSPS) is 13.0. The lowest BCUT2D eigenvalue weighted by Gasteiger charge is -2.19. The van der Waals surface area contributed by atoms with Crippen LogP contribution in [0.2, 0.25) is 0 Å². The molecule has 0 amide bonds. The standard InChI is InChI=1S/C14H16F3NO/c1-11(10-19)18(2)9-3-4-12-5-7-13(8-6-12)14(15,16)17/h5-8,11,19H,9-10H2,1-2H3. The highest BCUT2D eigenvalue weighted by Crippen LogP contribution is 2.28. The lowest BCUT2D eigenvalue weighted by atomic mass is 10.1. The number of aliphatic hydroxyl groups excluding tert-OH is 1. The van der Waals surface area contributed by atoms with Gasteiger partial charge in [0, 0.05) is 11.6 Å². The molecule has 0 saturated heterocycles. The first-order chi connectivity index (χ1) is 8.84. The zero-order valence-electron chi connectivity index (χ0n) is 10.8. The van der Waals surface area contributed by atoms with Crippen molar-refractivity contribution >= 4 is 0 Å². The molecule has 0 radical (unpaired) electrons. The molecule has 0 aliphatic carbocycles. The number of aliphatic hydroxyl groups is 1. The average molecular weight is 271 g/mol. The van der Waals surface area contributed by atoms with E-state index < -0.39 is 11.7 Å².